The Balaban J connectivity index is 1.73. The molecule has 0 aliphatic carbocycles. The van der Waals surface area contributed by atoms with E-state index in [0.29, 0.717) is 27.1 Å². The first-order valence-corrected chi connectivity index (χ1v) is 8.27. The number of thiazole rings is 1. The molecule has 0 bridgehead atoms. The molecule has 0 saturated carbocycles. The van der Waals surface area contributed by atoms with Crippen molar-refractivity contribution in [3.8, 4) is 10.8 Å². The summed E-state index contributed by atoms with van der Waals surface area (Å²) < 4.78 is 10.7. The summed E-state index contributed by atoms with van der Waals surface area (Å²) in [5.41, 5.74) is -0.655. The van der Waals surface area contributed by atoms with Crippen LogP contribution in [0, 0.1) is 13.8 Å². The Hall–Kier alpha value is -2.38. The first-order chi connectivity index (χ1) is 11.4. The molecule has 2 N–H and O–H groups in total. The Morgan fingerprint density at radius 3 is 2.79 bits per heavy atom. The van der Waals surface area contributed by atoms with Crippen molar-refractivity contribution in [3.05, 3.63) is 52.6 Å². The van der Waals surface area contributed by atoms with Crippen LogP contribution in [0.2, 0.25) is 0 Å². The maximum Gasteiger partial charge on any atom is 0.263 e. The molecular formula is C17H18N2O4S. The molecule has 1 atom stereocenters. The molecule has 0 aliphatic rings. The Bertz CT molecular complexity index is 846. The minimum absolute atomic E-state index is 0.0336. The van der Waals surface area contributed by atoms with Crippen LogP contribution in [0.1, 0.15) is 33.8 Å². The zero-order valence-corrected chi connectivity index (χ0v) is 14.4. The summed E-state index contributed by atoms with van der Waals surface area (Å²) in [5.74, 6) is 1.54. The van der Waals surface area contributed by atoms with Crippen LogP contribution in [0.15, 0.2) is 39.4 Å². The molecule has 0 spiro atoms. The SMILES string of the molecule is Cc1ccc(-c2nc(C)c(C(=O)NCC(C)(O)c3ccco3)s2)o1. The zero-order chi connectivity index (χ0) is 17.3. The standard InChI is InChI=1S/C17H18N2O4S/c1-10-6-7-12(23-10)16-19-11(2)14(24-16)15(20)18-9-17(3,21)13-5-4-8-22-13/h4-8,21H,9H2,1-3H3,(H,18,20). The van der Waals surface area contributed by atoms with Gasteiger partial charge in [0.2, 0.25) is 0 Å². The number of aliphatic hydroxyl groups is 1. The van der Waals surface area contributed by atoms with Gasteiger partial charge in [0, 0.05) is 0 Å². The molecule has 1 unspecified atom stereocenters. The third kappa shape index (κ3) is 3.27. The van der Waals surface area contributed by atoms with Crippen LogP contribution in [0.25, 0.3) is 10.8 Å². The van der Waals surface area contributed by atoms with Crippen LogP contribution in [0.4, 0.5) is 0 Å². The predicted molar refractivity (Wildman–Crippen MR) is 89.9 cm³/mol. The van der Waals surface area contributed by atoms with Crippen molar-refractivity contribution in [1.82, 2.24) is 10.3 Å². The highest BCUT2D eigenvalue weighted by molar-refractivity contribution is 7.17. The number of carbonyl (C=O) groups excluding carboxylic acids is 1. The van der Waals surface area contributed by atoms with Gasteiger partial charge in [-0.3, -0.25) is 4.79 Å². The number of nitrogens with zero attached hydrogens (tertiary/aromatic N) is 1. The average Bonchev–Trinajstić information content (AvgIpc) is 3.25. The Morgan fingerprint density at radius 2 is 2.17 bits per heavy atom. The minimum Gasteiger partial charge on any atom is -0.466 e. The monoisotopic (exact) mass is 346 g/mol. The Kier molecular flexibility index (Phi) is 4.29. The lowest BCUT2D eigenvalue weighted by molar-refractivity contribution is 0.0331. The van der Waals surface area contributed by atoms with Crippen molar-refractivity contribution in [2.24, 2.45) is 0 Å². The fraction of sp³-hybridized carbons (Fsp3) is 0.294. The molecule has 0 saturated heterocycles. The maximum absolute atomic E-state index is 12.4. The number of aromatic nitrogens is 1. The fourth-order valence-corrected chi connectivity index (χ4v) is 3.21. The van der Waals surface area contributed by atoms with Crippen LogP contribution in [-0.2, 0) is 5.60 Å². The maximum atomic E-state index is 12.4. The van der Waals surface area contributed by atoms with Crippen molar-refractivity contribution in [2.45, 2.75) is 26.4 Å². The third-order valence-corrected chi connectivity index (χ3v) is 4.77. The van der Waals surface area contributed by atoms with Gasteiger partial charge in [0.15, 0.2) is 10.8 Å². The van der Waals surface area contributed by atoms with E-state index in [0.717, 1.165) is 5.76 Å². The van der Waals surface area contributed by atoms with Gasteiger partial charge in [-0.25, -0.2) is 4.98 Å². The van der Waals surface area contributed by atoms with Gasteiger partial charge in [0.25, 0.3) is 5.91 Å². The van der Waals surface area contributed by atoms with Crippen molar-refractivity contribution in [2.75, 3.05) is 6.54 Å². The Labute approximate surface area is 143 Å². The van der Waals surface area contributed by atoms with Gasteiger partial charge in [-0.1, -0.05) is 0 Å². The smallest absolute Gasteiger partial charge is 0.263 e. The molecule has 6 nitrogen and oxygen atoms in total. The van der Waals surface area contributed by atoms with Crippen molar-refractivity contribution in [1.29, 1.82) is 0 Å². The molecule has 0 aliphatic heterocycles. The molecule has 0 fully saturated rings. The van der Waals surface area contributed by atoms with E-state index in [4.69, 9.17) is 8.83 Å². The minimum atomic E-state index is -1.28. The number of furan rings is 2. The first-order valence-electron chi connectivity index (χ1n) is 7.45. The number of hydrogen-bond acceptors (Lipinski definition) is 6. The summed E-state index contributed by atoms with van der Waals surface area (Å²) in [6.45, 7) is 5.25. The highest BCUT2D eigenvalue weighted by Gasteiger charge is 2.28. The van der Waals surface area contributed by atoms with E-state index in [1.165, 1.54) is 17.6 Å². The van der Waals surface area contributed by atoms with Gasteiger partial charge >= 0.3 is 0 Å². The fourth-order valence-electron chi connectivity index (χ4n) is 2.27. The molecule has 1 amide bonds. The highest BCUT2D eigenvalue weighted by Crippen LogP contribution is 2.29. The summed E-state index contributed by atoms with van der Waals surface area (Å²) in [5, 5.41) is 13.8. The first kappa shape index (κ1) is 16.5. The molecular weight excluding hydrogens is 328 g/mol. The molecule has 3 rings (SSSR count). The quantitative estimate of drug-likeness (QED) is 0.740. The average molecular weight is 346 g/mol. The summed E-state index contributed by atoms with van der Waals surface area (Å²) in [6.07, 6.45) is 1.48. The topological polar surface area (TPSA) is 88.5 Å². The van der Waals surface area contributed by atoms with E-state index >= 15 is 0 Å². The second-order valence-electron chi connectivity index (χ2n) is 5.78. The lowest BCUT2D eigenvalue weighted by atomic mass is 10.0. The van der Waals surface area contributed by atoms with Crippen LogP contribution in [0.5, 0.6) is 0 Å². The van der Waals surface area contributed by atoms with E-state index in [9.17, 15) is 9.90 Å². The second-order valence-corrected chi connectivity index (χ2v) is 6.78. The largest absolute Gasteiger partial charge is 0.466 e. The third-order valence-electron chi connectivity index (χ3n) is 3.60. The van der Waals surface area contributed by atoms with Gasteiger partial charge in [-0.2, -0.15) is 0 Å². The van der Waals surface area contributed by atoms with E-state index in [1.807, 2.05) is 19.1 Å². The zero-order valence-electron chi connectivity index (χ0n) is 13.6. The van der Waals surface area contributed by atoms with Gasteiger partial charge in [-0.05, 0) is 45.0 Å². The van der Waals surface area contributed by atoms with Gasteiger partial charge in [-0.15, -0.1) is 11.3 Å². The molecule has 3 aromatic heterocycles. The van der Waals surface area contributed by atoms with E-state index in [-0.39, 0.29) is 12.5 Å². The normalized spacial score (nSPS) is 13.7. The number of carbonyl (C=O) groups is 1. The molecule has 3 aromatic rings. The van der Waals surface area contributed by atoms with Gasteiger partial charge in [0.05, 0.1) is 18.5 Å². The summed E-state index contributed by atoms with van der Waals surface area (Å²) >= 11 is 1.26. The van der Waals surface area contributed by atoms with Crippen molar-refractivity contribution < 1.29 is 18.7 Å². The number of nitrogens with one attached hydrogen (secondary N) is 1. The number of hydrogen-bond donors (Lipinski definition) is 2. The van der Waals surface area contributed by atoms with Crippen LogP contribution in [0.3, 0.4) is 0 Å². The molecule has 3 heterocycles. The number of rotatable bonds is 5. The lowest BCUT2D eigenvalue weighted by Crippen LogP contribution is -2.38. The molecule has 7 heteroatoms. The van der Waals surface area contributed by atoms with Gasteiger partial charge in [0.1, 0.15) is 22.0 Å². The van der Waals surface area contributed by atoms with E-state index in [2.05, 4.69) is 10.3 Å². The summed E-state index contributed by atoms with van der Waals surface area (Å²) in [4.78, 5) is 17.3. The summed E-state index contributed by atoms with van der Waals surface area (Å²) in [7, 11) is 0. The second kappa shape index (κ2) is 6.26. The van der Waals surface area contributed by atoms with Crippen molar-refractivity contribution >= 4 is 17.2 Å². The molecule has 0 radical (unpaired) electrons. The van der Waals surface area contributed by atoms with Gasteiger partial charge < -0.3 is 19.3 Å². The van der Waals surface area contributed by atoms with Crippen LogP contribution < -0.4 is 5.32 Å². The molecule has 24 heavy (non-hydrogen) atoms. The number of aryl methyl sites for hydroxylation is 2. The lowest BCUT2D eigenvalue weighted by Gasteiger charge is -2.20. The Morgan fingerprint density at radius 1 is 1.38 bits per heavy atom. The van der Waals surface area contributed by atoms with E-state index in [1.54, 1.807) is 26.0 Å². The summed E-state index contributed by atoms with van der Waals surface area (Å²) in [6, 6.07) is 7.04. The molecule has 126 valence electrons. The highest BCUT2D eigenvalue weighted by atomic mass is 32.1. The van der Waals surface area contributed by atoms with E-state index < -0.39 is 5.60 Å². The van der Waals surface area contributed by atoms with Crippen LogP contribution in [-0.4, -0.2) is 22.5 Å². The van der Waals surface area contributed by atoms with Crippen molar-refractivity contribution in [3.63, 3.8) is 0 Å². The predicted octanol–water partition coefficient (Wildman–Crippen LogP) is 3.25. The molecule has 0 aromatic carbocycles. The van der Waals surface area contributed by atoms with Crippen LogP contribution >= 0.6 is 11.3 Å². The number of amides is 1.